The van der Waals surface area contributed by atoms with E-state index < -0.39 is 0 Å². The minimum Gasteiger partial charge on any atom is -0.392 e. The van der Waals surface area contributed by atoms with Crippen molar-refractivity contribution < 1.29 is 5.11 Å². The predicted octanol–water partition coefficient (Wildman–Crippen LogP) is 1.80. The Kier molecular flexibility index (Phi) is 3.94. The molecule has 4 heteroatoms. The number of rotatable bonds is 2. The molecular weight excluding hydrogens is 250 g/mol. The van der Waals surface area contributed by atoms with Gasteiger partial charge in [-0.05, 0) is 63.4 Å². The smallest absolute Gasteiger partial charge is 0.129 e. The highest BCUT2D eigenvalue weighted by Crippen LogP contribution is 2.31. The van der Waals surface area contributed by atoms with Gasteiger partial charge in [0.1, 0.15) is 5.82 Å². The fraction of sp³-hybridized carbons (Fsp3) is 0.688. The Morgan fingerprint density at radius 1 is 1.30 bits per heavy atom. The van der Waals surface area contributed by atoms with Crippen LogP contribution in [0.1, 0.15) is 30.5 Å². The minimum absolute atomic E-state index is 0.0962. The van der Waals surface area contributed by atoms with E-state index in [9.17, 15) is 5.11 Å². The van der Waals surface area contributed by atoms with E-state index in [-0.39, 0.29) is 6.61 Å². The summed E-state index contributed by atoms with van der Waals surface area (Å²) in [6.45, 7) is 5.53. The highest BCUT2D eigenvalue weighted by Gasteiger charge is 2.34. The first-order chi connectivity index (χ1) is 9.67. The highest BCUT2D eigenvalue weighted by molar-refractivity contribution is 5.43. The van der Waals surface area contributed by atoms with Crippen LogP contribution in [-0.2, 0) is 6.61 Å². The zero-order valence-corrected chi connectivity index (χ0v) is 12.5. The van der Waals surface area contributed by atoms with Gasteiger partial charge in [0, 0.05) is 24.8 Å². The zero-order chi connectivity index (χ0) is 14.1. The van der Waals surface area contributed by atoms with Gasteiger partial charge in [-0.2, -0.15) is 0 Å². The van der Waals surface area contributed by atoms with E-state index in [4.69, 9.17) is 0 Å². The molecular formula is C16H25N3O. The van der Waals surface area contributed by atoms with Crippen molar-refractivity contribution in [2.24, 2.45) is 5.92 Å². The molecule has 4 nitrogen and oxygen atoms in total. The van der Waals surface area contributed by atoms with Crippen LogP contribution in [-0.4, -0.2) is 47.7 Å². The summed E-state index contributed by atoms with van der Waals surface area (Å²) < 4.78 is 0. The summed E-state index contributed by atoms with van der Waals surface area (Å²) in [7, 11) is 2.27. The van der Waals surface area contributed by atoms with E-state index in [0.29, 0.717) is 0 Å². The summed E-state index contributed by atoms with van der Waals surface area (Å²) in [4.78, 5) is 9.61. The van der Waals surface area contributed by atoms with Gasteiger partial charge < -0.3 is 14.9 Å². The van der Waals surface area contributed by atoms with Crippen LogP contribution in [0.25, 0.3) is 0 Å². The summed E-state index contributed by atoms with van der Waals surface area (Å²) in [5.41, 5.74) is 1.96. The first-order valence-corrected chi connectivity index (χ1v) is 7.71. The quantitative estimate of drug-likeness (QED) is 0.893. The predicted molar refractivity (Wildman–Crippen MR) is 80.9 cm³/mol. The largest absolute Gasteiger partial charge is 0.392 e. The Balaban J connectivity index is 1.77. The van der Waals surface area contributed by atoms with Crippen LogP contribution in [0, 0.1) is 12.8 Å². The SMILES string of the molecule is Cc1cc(CO)cc(N2CCC3C(CCCN3C)C2)n1. The second kappa shape index (κ2) is 5.70. The van der Waals surface area contributed by atoms with Crippen LogP contribution in [0.5, 0.6) is 0 Å². The van der Waals surface area contributed by atoms with Gasteiger partial charge in [0.25, 0.3) is 0 Å². The van der Waals surface area contributed by atoms with E-state index in [1.165, 1.54) is 25.8 Å². The number of fused-ring (bicyclic) bond motifs is 1. The molecule has 2 saturated heterocycles. The third-order valence-electron chi connectivity index (χ3n) is 4.85. The molecule has 20 heavy (non-hydrogen) atoms. The van der Waals surface area contributed by atoms with Gasteiger partial charge in [0.15, 0.2) is 0 Å². The van der Waals surface area contributed by atoms with Gasteiger partial charge >= 0.3 is 0 Å². The molecule has 3 rings (SSSR count). The topological polar surface area (TPSA) is 39.6 Å². The Morgan fingerprint density at radius 3 is 2.95 bits per heavy atom. The van der Waals surface area contributed by atoms with Crippen LogP contribution < -0.4 is 4.90 Å². The van der Waals surface area contributed by atoms with Crippen molar-refractivity contribution in [3.63, 3.8) is 0 Å². The van der Waals surface area contributed by atoms with Crippen molar-refractivity contribution in [1.29, 1.82) is 0 Å². The maximum absolute atomic E-state index is 9.35. The van der Waals surface area contributed by atoms with E-state index in [2.05, 4.69) is 21.8 Å². The van der Waals surface area contributed by atoms with Gasteiger partial charge in [-0.25, -0.2) is 4.98 Å². The summed E-state index contributed by atoms with van der Waals surface area (Å²) in [6.07, 6.45) is 3.88. The normalized spacial score (nSPS) is 27.4. The van der Waals surface area contributed by atoms with E-state index in [0.717, 1.165) is 42.1 Å². The maximum atomic E-state index is 9.35. The lowest BCUT2D eigenvalue weighted by Gasteiger charge is -2.46. The molecule has 2 aliphatic heterocycles. The number of hydrogen-bond donors (Lipinski definition) is 1. The van der Waals surface area contributed by atoms with Crippen molar-refractivity contribution in [2.45, 2.75) is 38.8 Å². The monoisotopic (exact) mass is 275 g/mol. The molecule has 3 heterocycles. The lowest BCUT2D eigenvalue weighted by atomic mass is 9.84. The van der Waals surface area contributed by atoms with Crippen LogP contribution in [0.4, 0.5) is 5.82 Å². The fourth-order valence-electron chi connectivity index (χ4n) is 3.83. The summed E-state index contributed by atoms with van der Waals surface area (Å²) >= 11 is 0. The van der Waals surface area contributed by atoms with Gasteiger partial charge in [-0.3, -0.25) is 0 Å². The number of hydrogen-bond acceptors (Lipinski definition) is 4. The van der Waals surface area contributed by atoms with Crippen LogP contribution >= 0.6 is 0 Å². The maximum Gasteiger partial charge on any atom is 0.129 e. The Labute approximate surface area is 121 Å². The van der Waals surface area contributed by atoms with Gasteiger partial charge in [-0.15, -0.1) is 0 Å². The average Bonchev–Trinajstić information content (AvgIpc) is 2.46. The Hall–Kier alpha value is -1.13. The molecule has 2 fully saturated rings. The van der Waals surface area contributed by atoms with Crippen molar-refractivity contribution in [1.82, 2.24) is 9.88 Å². The van der Waals surface area contributed by atoms with E-state index in [1.807, 2.05) is 19.1 Å². The number of piperidine rings is 2. The minimum atomic E-state index is 0.0962. The first kappa shape index (κ1) is 13.8. The van der Waals surface area contributed by atoms with Crippen LogP contribution in [0.2, 0.25) is 0 Å². The van der Waals surface area contributed by atoms with Gasteiger partial charge in [0.2, 0.25) is 0 Å². The number of pyridine rings is 1. The molecule has 110 valence electrons. The second-order valence-corrected chi connectivity index (χ2v) is 6.32. The fourth-order valence-corrected chi connectivity index (χ4v) is 3.83. The number of aromatic nitrogens is 1. The molecule has 0 spiro atoms. The molecule has 2 atom stereocenters. The Bertz CT molecular complexity index is 477. The number of anilines is 1. The van der Waals surface area contributed by atoms with E-state index in [1.54, 1.807) is 0 Å². The number of aliphatic hydroxyl groups is 1. The first-order valence-electron chi connectivity index (χ1n) is 7.71. The molecule has 0 aromatic carbocycles. The third-order valence-corrected chi connectivity index (χ3v) is 4.85. The Morgan fingerprint density at radius 2 is 2.15 bits per heavy atom. The van der Waals surface area contributed by atoms with Crippen LogP contribution in [0.15, 0.2) is 12.1 Å². The van der Waals surface area contributed by atoms with Crippen molar-refractivity contribution in [3.8, 4) is 0 Å². The summed E-state index contributed by atoms with van der Waals surface area (Å²) in [6, 6.07) is 4.76. The molecule has 1 N–H and O–H groups in total. The van der Waals surface area contributed by atoms with Gasteiger partial charge in [0.05, 0.1) is 6.61 Å². The lowest BCUT2D eigenvalue weighted by Crippen LogP contribution is -2.52. The highest BCUT2D eigenvalue weighted by atomic mass is 16.3. The molecule has 2 unspecified atom stereocenters. The zero-order valence-electron chi connectivity index (χ0n) is 12.5. The number of nitrogens with zero attached hydrogens (tertiary/aromatic N) is 3. The lowest BCUT2D eigenvalue weighted by molar-refractivity contribution is 0.102. The molecule has 0 radical (unpaired) electrons. The number of likely N-dealkylation sites (tertiary alicyclic amines) is 1. The molecule has 1 aromatic rings. The molecule has 0 aliphatic carbocycles. The molecule has 0 saturated carbocycles. The molecule has 0 bridgehead atoms. The van der Waals surface area contributed by atoms with Crippen molar-refractivity contribution in [3.05, 3.63) is 23.4 Å². The standard InChI is InChI=1S/C16H25N3O/c1-12-8-13(11-20)9-16(17-12)19-7-5-15-14(10-19)4-3-6-18(15)2/h8-9,14-15,20H,3-7,10-11H2,1-2H3. The van der Waals surface area contributed by atoms with Crippen LogP contribution in [0.3, 0.4) is 0 Å². The number of aliphatic hydroxyl groups excluding tert-OH is 1. The number of aryl methyl sites for hydroxylation is 1. The van der Waals surface area contributed by atoms with E-state index >= 15 is 0 Å². The second-order valence-electron chi connectivity index (χ2n) is 6.32. The summed E-state index contributed by atoms with van der Waals surface area (Å²) in [5.74, 6) is 1.81. The van der Waals surface area contributed by atoms with Crippen molar-refractivity contribution >= 4 is 5.82 Å². The average molecular weight is 275 g/mol. The molecule has 0 amide bonds. The van der Waals surface area contributed by atoms with Crippen molar-refractivity contribution in [2.75, 3.05) is 31.6 Å². The molecule has 2 aliphatic rings. The molecule has 1 aromatic heterocycles. The van der Waals surface area contributed by atoms with Gasteiger partial charge in [-0.1, -0.05) is 0 Å². The summed E-state index contributed by atoms with van der Waals surface area (Å²) in [5, 5.41) is 9.35. The third kappa shape index (κ3) is 2.67.